The molecule has 1 aliphatic heterocycles. The van der Waals surface area contributed by atoms with E-state index in [9.17, 15) is 4.79 Å². The lowest BCUT2D eigenvalue weighted by molar-refractivity contribution is -0.116. The van der Waals surface area contributed by atoms with E-state index in [4.69, 9.17) is 4.74 Å². The topological polar surface area (TPSA) is 59.4 Å². The molecule has 0 spiro atoms. The smallest absolute Gasteiger partial charge is 0.226 e. The Hall–Kier alpha value is -2.34. The van der Waals surface area contributed by atoms with Gasteiger partial charge < -0.3 is 10.1 Å². The first-order chi connectivity index (χ1) is 13.6. The molecule has 2 aromatic rings. The number of carbonyl (C=O) groups excluding carboxylic acids is 1. The highest BCUT2D eigenvalue weighted by molar-refractivity contribution is 5.94. The van der Waals surface area contributed by atoms with E-state index in [0.717, 1.165) is 48.9 Å². The van der Waals surface area contributed by atoms with Crippen LogP contribution in [0.4, 0.5) is 5.82 Å². The van der Waals surface area contributed by atoms with Gasteiger partial charge in [-0.15, -0.1) is 0 Å². The third-order valence-electron chi connectivity index (χ3n) is 6.01. The number of amides is 1. The van der Waals surface area contributed by atoms with Crippen LogP contribution in [-0.2, 0) is 17.9 Å². The van der Waals surface area contributed by atoms with Crippen LogP contribution in [0.25, 0.3) is 0 Å². The van der Waals surface area contributed by atoms with Crippen molar-refractivity contribution in [3.63, 3.8) is 0 Å². The van der Waals surface area contributed by atoms with Crippen LogP contribution in [0.5, 0.6) is 5.75 Å². The summed E-state index contributed by atoms with van der Waals surface area (Å²) in [4.78, 5) is 14.8. The number of nitrogens with one attached hydrogen (secondary N) is 1. The van der Waals surface area contributed by atoms with Crippen molar-refractivity contribution in [2.75, 3.05) is 25.5 Å². The van der Waals surface area contributed by atoms with Crippen LogP contribution < -0.4 is 10.1 Å². The molecule has 1 aromatic heterocycles. The number of methoxy groups -OCH3 is 1. The second kappa shape index (κ2) is 7.95. The van der Waals surface area contributed by atoms with Gasteiger partial charge in [-0.25, -0.2) is 4.68 Å². The van der Waals surface area contributed by atoms with Gasteiger partial charge >= 0.3 is 0 Å². The second-order valence-corrected chi connectivity index (χ2v) is 7.91. The van der Waals surface area contributed by atoms with E-state index in [1.807, 2.05) is 16.9 Å². The van der Waals surface area contributed by atoms with E-state index < -0.39 is 0 Å². The number of anilines is 1. The average molecular weight is 383 g/mol. The van der Waals surface area contributed by atoms with Crippen LogP contribution in [0.3, 0.4) is 0 Å². The number of rotatable bonds is 8. The average Bonchev–Trinajstić information content (AvgIpc) is 3.44. The molecule has 1 atom stereocenters. The monoisotopic (exact) mass is 382 g/mol. The lowest BCUT2D eigenvalue weighted by Gasteiger charge is -2.25. The van der Waals surface area contributed by atoms with Crippen LogP contribution in [0, 0.1) is 5.92 Å². The van der Waals surface area contributed by atoms with E-state index in [-0.39, 0.29) is 11.8 Å². The van der Waals surface area contributed by atoms with Gasteiger partial charge in [0.1, 0.15) is 11.6 Å². The fourth-order valence-electron chi connectivity index (χ4n) is 4.08. The van der Waals surface area contributed by atoms with Crippen LogP contribution in [0.1, 0.15) is 55.7 Å². The summed E-state index contributed by atoms with van der Waals surface area (Å²) in [6.45, 7) is 8.08. The molecule has 2 heterocycles. The predicted octanol–water partition coefficient (Wildman–Crippen LogP) is 3.62. The molecule has 150 valence electrons. The molecule has 6 nitrogen and oxygen atoms in total. The number of aromatic nitrogens is 2. The molecule has 28 heavy (non-hydrogen) atoms. The molecule has 2 aliphatic rings. The highest BCUT2D eigenvalue weighted by Gasteiger charge is 2.32. The Bertz CT molecular complexity index is 852. The van der Waals surface area contributed by atoms with E-state index in [1.54, 1.807) is 7.11 Å². The largest absolute Gasteiger partial charge is 0.496 e. The molecule has 1 aliphatic carbocycles. The van der Waals surface area contributed by atoms with Crippen molar-refractivity contribution in [1.29, 1.82) is 0 Å². The summed E-state index contributed by atoms with van der Waals surface area (Å²) < 4.78 is 7.58. The molecule has 1 fully saturated rings. The lowest BCUT2D eigenvalue weighted by atomic mass is 9.86. The zero-order chi connectivity index (χ0) is 19.7. The van der Waals surface area contributed by atoms with E-state index in [0.29, 0.717) is 12.3 Å². The molecule has 1 N–H and O–H groups in total. The van der Waals surface area contributed by atoms with Crippen molar-refractivity contribution in [2.45, 2.75) is 52.1 Å². The molecular weight excluding hydrogens is 352 g/mol. The van der Waals surface area contributed by atoms with Crippen molar-refractivity contribution in [3.05, 3.63) is 41.1 Å². The minimum absolute atomic E-state index is 0.0399. The maximum Gasteiger partial charge on any atom is 0.226 e. The highest BCUT2D eigenvalue weighted by Crippen LogP contribution is 2.40. The third kappa shape index (κ3) is 3.78. The molecular formula is C22H30N4O2. The highest BCUT2D eigenvalue weighted by atomic mass is 16.5. The van der Waals surface area contributed by atoms with Gasteiger partial charge in [-0.3, -0.25) is 9.69 Å². The number of carbonyl (C=O) groups is 1. The SMILES string of the molecule is CCN(CC)Cc1cc(C2CC(=O)Nc3c2cnn3CC2CC2)ccc1OC. The van der Waals surface area contributed by atoms with Gasteiger partial charge in [-0.2, -0.15) is 5.10 Å². The molecule has 1 saturated carbocycles. The first kappa shape index (κ1) is 19.0. The Morgan fingerprint density at radius 3 is 2.75 bits per heavy atom. The van der Waals surface area contributed by atoms with Crippen LogP contribution >= 0.6 is 0 Å². The zero-order valence-corrected chi connectivity index (χ0v) is 17.1. The van der Waals surface area contributed by atoms with Gasteiger partial charge in [0.05, 0.1) is 13.3 Å². The van der Waals surface area contributed by atoms with Crippen molar-refractivity contribution >= 4 is 11.7 Å². The molecule has 4 rings (SSSR count). The zero-order valence-electron chi connectivity index (χ0n) is 17.1. The van der Waals surface area contributed by atoms with E-state index >= 15 is 0 Å². The van der Waals surface area contributed by atoms with Gasteiger partial charge in [0.2, 0.25) is 5.91 Å². The second-order valence-electron chi connectivity index (χ2n) is 7.91. The fourth-order valence-corrected chi connectivity index (χ4v) is 4.08. The molecule has 0 saturated heterocycles. The number of ether oxygens (including phenoxy) is 1. The minimum Gasteiger partial charge on any atom is -0.496 e. The molecule has 1 aromatic carbocycles. The van der Waals surface area contributed by atoms with Crippen LogP contribution in [0.15, 0.2) is 24.4 Å². The van der Waals surface area contributed by atoms with Gasteiger partial charge in [-0.05, 0) is 43.5 Å². The fraction of sp³-hybridized carbons (Fsp3) is 0.545. The maximum absolute atomic E-state index is 12.5. The Morgan fingerprint density at radius 1 is 1.29 bits per heavy atom. The van der Waals surface area contributed by atoms with Crippen LogP contribution in [-0.4, -0.2) is 40.8 Å². The maximum atomic E-state index is 12.5. The van der Waals surface area contributed by atoms with Gasteiger partial charge in [0, 0.05) is 36.6 Å². The molecule has 0 radical (unpaired) electrons. The van der Waals surface area contributed by atoms with E-state index in [1.165, 1.54) is 18.4 Å². The lowest BCUT2D eigenvalue weighted by Crippen LogP contribution is -2.25. The summed E-state index contributed by atoms with van der Waals surface area (Å²) >= 11 is 0. The van der Waals surface area contributed by atoms with Crippen molar-refractivity contribution in [2.24, 2.45) is 5.92 Å². The molecule has 1 amide bonds. The van der Waals surface area contributed by atoms with Gasteiger partial charge in [0.25, 0.3) is 0 Å². The summed E-state index contributed by atoms with van der Waals surface area (Å²) in [5, 5.41) is 7.65. The summed E-state index contributed by atoms with van der Waals surface area (Å²) in [7, 11) is 1.72. The first-order valence-electron chi connectivity index (χ1n) is 10.4. The summed E-state index contributed by atoms with van der Waals surface area (Å²) in [6.07, 6.45) is 4.92. The predicted molar refractivity (Wildman–Crippen MR) is 110 cm³/mol. The summed E-state index contributed by atoms with van der Waals surface area (Å²) in [5.41, 5.74) is 3.45. The van der Waals surface area contributed by atoms with Crippen molar-refractivity contribution in [3.8, 4) is 5.75 Å². The van der Waals surface area contributed by atoms with Gasteiger partial charge in [0.15, 0.2) is 0 Å². The molecule has 6 heteroatoms. The summed E-state index contributed by atoms with van der Waals surface area (Å²) in [5.74, 6) is 2.60. The number of hydrogen-bond acceptors (Lipinski definition) is 4. The number of fused-ring (bicyclic) bond motifs is 1. The van der Waals surface area contributed by atoms with Crippen molar-refractivity contribution in [1.82, 2.24) is 14.7 Å². The third-order valence-corrected chi connectivity index (χ3v) is 6.01. The summed E-state index contributed by atoms with van der Waals surface area (Å²) in [6, 6.07) is 6.34. The Morgan fingerprint density at radius 2 is 2.07 bits per heavy atom. The number of benzene rings is 1. The van der Waals surface area contributed by atoms with Gasteiger partial charge in [-0.1, -0.05) is 26.0 Å². The molecule has 0 bridgehead atoms. The normalized spacial score (nSPS) is 18.9. The standard InChI is InChI=1S/C22H30N4O2/c1-4-25(5-2)14-17-10-16(8-9-20(17)28-3)18-11-21(27)24-22-19(18)12-23-26(22)13-15-6-7-15/h8-10,12,15,18H,4-7,11,13-14H2,1-3H3,(H,24,27). The Kier molecular flexibility index (Phi) is 5.40. The van der Waals surface area contributed by atoms with Crippen molar-refractivity contribution < 1.29 is 9.53 Å². The number of nitrogens with zero attached hydrogens (tertiary/aromatic N) is 3. The minimum atomic E-state index is 0.0399. The number of hydrogen-bond donors (Lipinski definition) is 1. The molecule has 1 unspecified atom stereocenters. The first-order valence-corrected chi connectivity index (χ1v) is 10.4. The Labute approximate surface area is 166 Å². The Balaban J connectivity index is 1.67. The van der Waals surface area contributed by atoms with Crippen LogP contribution in [0.2, 0.25) is 0 Å². The quantitative estimate of drug-likeness (QED) is 0.758. The van der Waals surface area contributed by atoms with E-state index in [2.05, 4.69) is 41.3 Å².